The Morgan fingerprint density at radius 1 is 0.387 bits per heavy atom. The van der Waals surface area contributed by atoms with Gasteiger partial charge < -0.3 is 17.7 Å². The van der Waals surface area contributed by atoms with Crippen LogP contribution in [0.4, 0.5) is 0 Å². The van der Waals surface area contributed by atoms with Gasteiger partial charge in [-0.25, -0.2) is 0 Å². The van der Waals surface area contributed by atoms with Crippen LogP contribution in [0.3, 0.4) is 0 Å². The Morgan fingerprint density at radius 2 is 0.597 bits per heavy atom. The Morgan fingerprint density at radius 3 is 0.806 bits per heavy atom. The van der Waals surface area contributed by atoms with E-state index in [4.69, 9.17) is 17.7 Å². The molecular weight excluding hydrogens is 1050 g/mol. The Balaban J connectivity index is 3.00. The third-order valence-electron chi connectivity index (χ3n) is 13.2. The molecule has 338 valence electrons. The number of hydrogen-bond donors (Lipinski definition) is 0. The second kappa shape index (κ2) is 22.7. The standard InChI is InChI=1S/C52H76I2O4Si4/c1-49(2,3)59(13,14)55-37-43(45(39-57-61(17,18)51(7,8)9)31-25-41-27-33-47(53)34-28-41)23-21-22-24-44(38-56-60(15,16)50(4,5)6)46(40-58-62(19,20)52(10,11)12)32-26-42-29-35-48(54)36-30-42/h27-30,33-36H,37-40H2,1-20H3/b45-43+,46-44+. The lowest BCUT2D eigenvalue weighted by Crippen LogP contribution is -2.42. The summed E-state index contributed by atoms with van der Waals surface area (Å²) in [4.78, 5) is 0. The highest BCUT2D eigenvalue weighted by molar-refractivity contribution is 14.1. The first-order chi connectivity index (χ1) is 28.1. The van der Waals surface area contributed by atoms with Crippen LogP contribution in [0, 0.1) is 54.5 Å². The maximum atomic E-state index is 6.86. The van der Waals surface area contributed by atoms with Crippen molar-refractivity contribution in [3.8, 4) is 47.4 Å². The Kier molecular flexibility index (Phi) is 20.7. The van der Waals surface area contributed by atoms with Crippen molar-refractivity contribution >= 4 is 78.5 Å². The van der Waals surface area contributed by atoms with Crippen LogP contribution < -0.4 is 0 Å². The minimum atomic E-state index is -2.17. The average molecular weight is 1130 g/mol. The van der Waals surface area contributed by atoms with Gasteiger partial charge in [-0.2, -0.15) is 0 Å². The van der Waals surface area contributed by atoms with Gasteiger partial charge in [0.05, 0.1) is 26.4 Å². The number of halogens is 2. The van der Waals surface area contributed by atoms with Gasteiger partial charge in [-0.05, 0) is 178 Å². The van der Waals surface area contributed by atoms with Gasteiger partial charge in [0.15, 0.2) is 33.3 Å². The van der Waals surface area contributed by atoms with Crippen LogP contribution in [-0.4, -0.2) is 59.7 Å². The van der Waals surface area contributed by atoms with E-state index in [-0.39, 0.29) is 20.2 Å². The van der Waals surface area contributed by atoms with E-state index in [0.717, 1.165) is 40.6 Å². The predicted octanol–water partition coefficient (Wildman–Crippen LogP) is 15.0. The van der Waals surface area contributed by atoms with E-state index in [2.05, 4.69) is 277 Å². The Labute approximate surface area is 411 Å². The molecule has 2 rings (SSSR count). The smallest absolute Gasteiger partial charge is 0.192 e. The molecular formula is C52H76I2O4Si4. The summed E-state index contributed by atoms with van der Waals surface area (Å²) in [6.45, 7) is 46.6. The lowest BCUT2D eigenvalue weighted by molar-refractivity contribution is 0.308. The molecule has 0 radical (unpaired) electrons. The van der Waals surface area contributed by atoms with Gasteiger partial charge in [-0.3, -0.25) is 0 Å². The average Bonchev–Trinajstić information content (AvgIpc) is 3.12. The molecule has 62 heavy (non-hydrogen) atoms. The molecule has 0 aliphatic heterocycles. The van der Waals surface area contributed by atoms with E-state index >= 15 is 0 Å². The lowest BCUT2D eigenvalue weighted by atomic mass is 10.1. The van der Waals surface area contributed by atoms with Crippen LogP contribution in [0.5, 0.6) is 0 Å². The second-order valence-corrected chi connectivity index (χ2v) is 43.9. The highest BCUT2D eigenvalue weighted by atomic mass is 127. The fourth-order valence-electron chi connectivity index (χ4n) is 4.25. The van der Waals surface area contributed by atoms with Crippen molar-refractivity contribution in [1.82, 2.24) is 0 Å². The molecule has 0 amide bonds. The lowest BCUT2D eigenvalue weighted by Gasteiger charge is -2.37. The first-order valence-electron chi connectivity index (χ1n) is 21.7. The normalized spacial score (nSPS) is 13.8. The molecule has 10 heteroatoms. The van der Waals surface area contributed by atoms with Crippen molar-refractivity contribution in [2.75, 3.05) is 26.4 Å². The maximum Gasteiger partial charge on any atom is 0.192 e. The quantitative estimate of drug-likeness (QED) is 0.121. The fourth-order valence-corrected chi connectivity index (χ4v) is 8.72. The molecule has 0 aliphatic rings. The molecule has 0 N–H and O–H groups in total. The molecule has 0 spiro atoms. The van der Waals surface area contributed by atoms with Crippen LogP contribution in [-0.2, 0) is 17.7 Å². The van der Waals surface area contributed by atoms with Gasteiger partial charge >= 0.3 is 0 Å². The van der Waals surface area contributed by atoms with Crippen LogP contribution in [0.2, 0.25) is 72.5 Å². The summed E-state index contributed by atoms with van der Waals surface area (Å²) < 4.78 is 29.7. The first-order valence-corrected chi connectivity index (χ1v) is 35.4. The van der Waals surface area contributed by atoms with Crippen LogP contribution >= 0.6 is 45.2 Å². The summed E-state index contributed by atoms with van der Waals surface area (Å²) in [5.74, 6) is 27.3. The number of hydrogen-bond acceptors (Lipinski definition) is 4. The van der Waals surface area contributed by atoms with Gasteiger partial charge in [0.1, 0.15) is 0 Å². The van der Waals surface area contributed by atoms with Gasteiger partial charge in [0.25, 0.3) is 0 Å². The number of rotatable bonds is 12. The maximum absolute atomic E-state index is 6.86. The van der Waals surface area contributed by atoms with Crippen LogP contribution in [0.1, 0.15) is 94.2 Å². The summed E-state index contributed by atoms with van der Waals surface area (Å²) in [6.07, 6.45) is 0. The van der Waals surface area contributed by atoms with E-state index in [1.165, 1.54) is 0 Å². The molecule has 0 fully saturated rings. The highest BCUT2D eigenvalue weighted by Crippen LogP contribution is 2.40. The molecule has 0 heterocycles. The molecule has 4 nitrogen and oxygen atoms in total. The molecule has 0 unspecified atom stereocenters. The summed E-state index contributed by atoms with van der Waals surface area (Å²) in [6, 6.07) is 16.5. The molecule has 2 aromatic carbocycles. The van der Waals surface area contributed by atoms with Crippen LogP contribution in [0.25, 0.3) is 0 Å². The summed E-state index contributed by atoms with van der Waals surface area (Å²) in [5, 5.41) is 0.0870. The van der Waals surface area contributed by atoms with Crippen molar-refractivity contribution in [2.24, 2.45) is 0 Å². The zero-order chi connectivity index (χ0) is 47.6. The van der Waals surface area contributed by atoms with E-state index in [9.17, 15) is 0 Å². The number of benzene rings is 2. The summed E-state index contributed by atoms with van der Waals surface area (Å²) in [5.41, 5.74) is 5.11. The van der Waals surface area contributed by atoms with Crippen LogP contribution in [0.15, 0.2) is 70.8 Å². The first kappa shape index (κ1) is 56.5. The van der Waals surface area contributed by atoms with Gasteiger partial charge in [0.2, 0.25) is 0 Å². The zero-order valence-corrected chi connectivity index (χ0v) is 50.2. The molecule has 2 aromatic rings. The molecule has 0 saturated carbocycles. The Bertz CT molecular complexity index is 2000. The SMILES string of the molecule is CC(C)(C)[Si](C)(C)OC/C(C#CC#C/C(CO[Si](C)(C)C(C)(C)C)=C(/C#Cc1ccc(I)cc1)CO[Si](C)(C)C(C)(C)C)=C(\C#Cc1ccc(I)cc1)CO[Si](C)(C)C(C)(C)C. The minimum Gasteiger partial charge on any atom is -0.412 e. The van der Waals surface area contributed by atoms with E-state index < -0.39 is 33.3 Å². The predicted molar refractivity (Wildman–Crippen MR) is 294 cm³/mol. The molecule has 0 atom stereocenters. The molecule has 0 aliphatic carbocycles. The minimum absolute atomic E-state index is 0.0158. The zero-order valence-electron chi connectivity index (χ0n) is 41.8. The molecule has 0 saturated heterocycles. The highest BCUT2D eigenvalue weighted by Gasteiger charge is 2.40. The monoisotopic (exact) mass is 1130 g/mol. The Hall–Kier alpha value is -1.67. The van der Waals surface area contributed by atoms with Crippen molar-refractivity contribution in [1.29, 1.82) is 0 Å². The topological polar surface area (TPSA) is 36.9 Å². The third kappa shape index (κ3) is 18.0. The third-order valence-corrected chi connectivity index (χ3v) is 32.5. The van der Waals surface area contributed by atoms with E-state index in [0.29, 0.717) is 26.4 Å². The van der Waals surface area contributed by atoms with Gasteiger partial charge in [0, 0.05) is 40.6 Å². The molecule has 0 aromatic heterocycles. The summed E-state index contributed by atoms with van der Waals surface area (Å²) in [7, 11) is -8.61. The molecule has 0 bridgehead atoms. The van der Waals surface area contributed by atoms with Crippen molar-refractivity contribution in [2.45, 2.75) is 156 Å². The van der Waals surface area contributed by atoms with Gasteiger partial charge in [-0.15, -0.1) is 0 Å². The van der Waals surface area contributed by atoms with Gasteiger partial charge in [-0.1, -0.05) is 119 Å². The second-order valence-electron chi connectivity index (χ2n) is 22.1. The largest absolute Gasteiger partial charge is 0.412 e. The van der Waals surface area contributed by atoms with Crippen molar-refractivity contribution in [3.63, 3.8) is 0 Å². The van der Waals surface area contributed by atoms with E-state index in [1.54, 1.807) is 0 Å². The fraction of sp³-hybridized carbons (Fsp3) is 0.538. The van der Waals surface area contributed by atoms with Crippen molar-refractivity contribution in [3.05, 3.63) is 89.1 Å². The summed E-state index contributed by atoms with van der Waals surface area (Å²) >= 11 is 4.64. The van der Waals surface area contributed by atoms with Crippen molar-refractivity contribution < 1.29 is 17.7 Å². The van der Waals surface area contributed by atoms with E-state index in [1.807, 2.05) is 0 Å².